The molecule has 0 rings (SSSR count). The molecule has 0 aliphatic rings. The molecule has 110 valence electrons. The molecule has 9 nitrogen and oxygen atoms in total. The van der Waals surface area contributed by atoms with Gasteiger partial charge in [0.25, 0.3) is 5.79 Å². The van der Waals surface area contributed by atoms with E-state index in [1.165, 1.54) is 0 Å². The van der Waals surface area contributed by atoms with E-state index >= 15 is 0 Å². The summed E-state index contributed by atoms with van der Waals surface area (Å²) < 4.78 is 4.06. The first-order valence-electron chi connectivity index (χ1n) is 5.03. The Bertz CT molecular complexity index is 370. The molecule has 0 fully saturated rings. The van der Waals surface area contributed by atoms with Gasteiger partial charge in [-0.2, -0.15) is 0 Å². The fraction of sp³-hybridized carbons (Fsp3) is 0.600. The second-order valence-electron chi connectivity index (χ2n) is 3.90. The summed E-state index contributed by atoms with van der Waals surface area (Å²) in [5, 5.41) is 57.6. The summed E-state index contributed by atoms with van der Waals surface area (Å²) in [6, 6.07) is 0. The van der Waals surface area contributed by atoms with E-state index in [1.54, 1.807) is 0 Å². The molecule has 0 aromatic rings. The van der Waals surface area contributed by atoms with Gasteiger partial charge in [-0.1, -0.05) is 6.58 Å². The van der Waals surface area contributed by atoms with Crippen LogP contribution in [0.4, 0.5) is 0 Å². The molecule has 0 unspecified atom stereocenters. The molecule has 5 N–H and O–H groups in total. The number of carboxylic acid groups (broad SMARTS) is 1. The normalized spacial score (nSPS) is 19.5. The van der Waals surface area contributed by atoms with E-state index in [-0.39, 0.29) is 29.6 Å². The molecule has 10 heteroatoms. The van der Waals surface area contributed by atoms with Gasteiger partial charge in [-0.05, 0) is 6.92 Å². The number of hydrogen-bond acceptors (Lipinski definition) is 9. The summed E-state index contributed by atoms with van der Waals surface area (Å²) in [4.78, 5) is 21.8. The van der Waals surface area contributed by atoms with Gasteiger partial charge >= 0.3 is 35.5 Å². The van der Waals surface area contributed by atoms with Gasteiger partial charge in [0.15, 0.2) is 5.60 Å². The van der Waals surface area contributed by atoms with Crippen molar-refractivity contribution in [3.8, 4) is 0 Å². The first-order valence-corrected chi connectivity index (χ1v) is 5.03. The number of esters is 1. The first-order chi connectivity index (χ1) is 8.54. The number of aliphatic hydroxyl groups excluding tert-OH is 3. The van der Waals surface area contributed by atoms with Gasteiger partial charge in [0.2, 0.25) is 0 Å². The Hall–Kier alpha value is -0.520. The summed E-state index contributed by atoms with van der Waals surface area (Å²) in [6.45, 7) is 2.48. The van der Waals surface area contributed by atoms with Crippen LogP contribution >= 0.6 is 0 Å². The largest absolute Gasteiger partial charge is 1.00 e. The number of rotatable bonds is 7. The number of carboxylic acids is 1. The minimum absolute atomic E-state index is 0. The van der Waals surface area contributed by atoms with Crippen LogP contribution in [0.5, 0.6) is 0 Å². The second-order valence-corrected chi connectivity index (χ2v) is 3.90. The van der Waals surface area contributed by atoms with Gasteiger partial charge in [0.05, 0.1) is 6.61 Å². The zero-order valence-corrected chi connectivity index (χ0v) is 13.0. The Morgan fingerprint density at radius 2 is 1.85 bits per heavy atom. The van der Waals surface area contributed by atoms with E-state index < -0.39 is 42.1 Å². The maximum absolute atomic E-state index is 10.9. The third-order valence-corrected chi connectivity index (χ3v) is 2.51. The second kappa shape index (κ2) is 8.05. The summed E-state index contributed by atoms with van der Waals surface area (Å²) in [5.74, 6) is -7.51. The van der Waals surface area contributed by atoms with Crippen LogP contribution in [0.2, 0.25) is 0 Å². The third kappa shape index (κ3) is 4.24. The number of aliphatic carboxylic acids is 1. The van der Waals surface area contributed by atoms with Crippen LogP contribution in [0, 0.1) is 0 Å². The molecule has 0 saturated carbocycles. The van der Waals surface area contributed by atoms with E-state index in [9.17, 15) is 30.0 Å². The predicted octanol–water partition coefficient (Wildman–Crippen LogP) is -7.38. The van der Waals surface area contributed by atoms with Gasteiger partial charge in [0.1, 0.15) is 18.2 Å². The van der Waals surface area contributed by atoms with Crippen molar-refractivity contribution in [3.63, 3.8) is 0 Å². The van der Waals surface area contributed by atoms with E-state index in [4.69, 9.17) is 10.2 Å². The van der Waals surface area contributed by atoms with Crippen LogP contribution in [0.3, 0.4) is 0 Å². The van der Waals surface area contributed by atoms with Crippen molar-refractivity contribution < 1.29 is 74.5 Å². The van der Waals surface area contributed by atoms with Crippen molar-refractivity contribution in [2.75, 3.05) is 6.61 Å². The van der Waals surface area contributed by atoms with E-state index in [1.807, 2.05) is 0 Å². The van der Waals surface area contributed by atoms with Crippen molar-refractivity contribution in [3.05, 3.63) is 12.7 Å². The third-order valence-electron chi connectivity index (χ3n) is 2.51. The molecule has 0 aromatic heterocycles. The topological polar surface area (TPSA) is 168 Å². The molecule has 0 radical (unpaired) electrons. The molecule has 0 heterocycles. The van der Waals surface area contributed by atoms with Crippen molar-refractivity contribution in [2.45, 2.75) is 30.5 Å². The minimum Gasteiger partial charge on any atom is -0.543 e. The maximum Gasteiger partial charge on any atom is 1.00 e. The van der Waals surface area contributed by atoms with Crippen molar-refractivity contribution in [1.82, 2.24) is 0 Å². The number of ether oxygens (including phenoxy) is 1. The molecule has 0 aliphatic heterocycles. The number of carbonyl (C=O) groups is 2. The quantitative estimate of drug-likeness (QED) is 0.133. The number of hydrogen-bond donors (Lipinski definition) is 5. The molecule has 0 aliphatic carbocycles. The zero-order valence-electron chi connectivity index (χ0n) is 11.0. The van der Waals surface area contributed by atoms with Crippen LogP contribution in [0.1, 0.15) is 6.92 Å². The monoisotopic (exact) mass is 302 g/mol. The van der Waals surface area contributed by atoms with Gasteiger partial charge in [-0.3, -0.25) is 0 Å². The molecule has 0 saturated heterocycles. The van der Waals surface area contributed by atoms with Crippen molar-refractivity contribution in [2.24, 2.45) is 0 Å². The molecule has 20 heavy (non-hydrogen) atoms. The fourth-order valence-corrected chi connectivity index (χ4v) is 1.21. The Kier molecular flexibility index (Phi) is 8.77. The van der Waals surface area contributed by atoms with Crippen molar-refractivity contribution >= 4 is 11.9 Å². The van der Waals surface area contributed by atoms with Gasteiger partial charge in [0, 0.05) is 6.08 Å². The van der Waals surface area contributed by atoms with E-state index in [0.29, 0.717) is 13.0 Å². The molecule has 0 bridgehead atoms. The number of aliphatic hydroxyl groups is 5. The molecular weight excluding hydrogens is 287 g/mol. The van der Waals surface area contributed by atoms with E-state index in [2.05, 4.69) is 11.3 Å². The van der Waals surface area contributed by atoms with E-state index in [0.717, 1.165) is 0 Å². The summed E-state index contributed by atoms with van der Waals surface area (Å²) in [6.07, 6.45) is -3.85. The first kappa shape index (κ1) is 21.8. The fourth-order valence-electron chi connectivity index (χ4n) is 1.21. The smallest absolute Gasteiger partial charge is 0.543 e. The average Bonchev–Trinajstić information content (AvgIpc) is 2.35. The average molecular weight is 302 g/mol. The zero-order chi connectivity index (χ0) is 15.4. The Morgan fingerprint density at radius 1 is 1.40 bits per heavy atom. The van der Waals surface area contributed by atoms with Gasteiger partial charge in [-0.15, -0.1) is 0 Å². The van der Waals surface area contributed by atoms with Crippen LogP contribution < -0.4 is 34.7 Å². The summed E-state index contributed by atoms with van der Waals surface area (Å²) in [7, 11) is 0. The van der Waals surface area contributed by atoms with Crippen LogP contribution in [-0.2, 0) is 14.3 Å². The molecule has 0 amide bonds. The molecule has 4 atom stereocenters. The van der Waals surface area contributed by atoms with Crippen LogP contribution in [0.15, 0.2) is 12.7 Å². The molecule has 0 spiro atoms. The summed E-state index contributed by atoms with van der Waals surface area (Å²) in [5.41, 5.74) is -3.06. The van der Waals surface area contributed by atoms with Gasteiger partial charge < -0.3 is 40.2 Å². The standard InChI is InChI=1S/C10H16O9.Na/c1-3-6(13)19-10(18,8(15)16)9(2,17)7(14)5(12)4-11;/h3,5,7,11-12,14,17-18H,1,4H2,2H3,(H,15,16);/q;+1/p-1/t5-,7-,9+,10-;/m1./s1. The predicted molar refractivity (Wildman–Crippen MR) is 56.0 cm³/mol. The Labute approximate surface area is 136 Å². The van der Waals surface area contributed by atoms with Crippen LogP contribution in [-0.4, -0.2) is 67.7 Å². The SMILES string of the molecule is C=CC(=O)O[C@](O)(C(=O)[O-])[C@@](C)(O)[C@H](O)[C@H](O)CO.[Na+]. The minimum atomic E-state index is -3.66. The van der Waals surface area contributed by atoms with Crippen LogP contribution in [0.25, 0.3) is 0 Å². The maximum atomic E-state index is 10.9. The van der Waals surface area contributed by atoms with Crippen molar-refractivity contribution in [1.29, 1.82) is 0 Å². The summed E-state index contributed by atoms with van der Waals surface area (Å²) >= 11 is 0. The molecule has 0 aromatic carbocycles. The molecular formula is C10H15NaO9. The Morgan fingerprint density at radius 3 is 2.15 bits per heavy atom. The van der Waals surface area contributed by atoms with Gasteiger partial charge in [-0.25, -0.2) is 4.79 Å². The number of carbonyl (C=O) groups excluding carboxylic acids is 2. The Balaban J connectivity index is 0.